The minimum absolute atomic E-state index is 0.151. The predicted octanol–water partition coefficient (Wildman–Crippen LogP) is 3.66. The molecule has 0 radical (unpaired) electrons. The van der Waals surface area contributed by atoms with Gasteiger partial charge in [-0.15, -0.1) is 0 Å². The molecule has 0 spiro atoms. The Labute approximate surface area is 96.3 Å². The van der Waals surface area contributed by atoms with E-state index in [1.54, 1.807) is 6.20 Å². The first-order chi connectivity index (χ1) is 7.56. The van der Waals surface area contributed by atoms with Gasteiger partial charge in [0.2, 0.25) is 5.88 Å². The van der Waals surface area contributed by atoms with Crippen LogP contribution in [0.2, 0.25) is 0 Å². The van der Waals surface area contributed by atoms with E-state index in [0.717, 1.165) is 11.3 Å². The maximum absolute atomic E-state index is 5.77. The average Bonchev–Trinajstić information content (AvgIpc) is 2.25. The molecule has 16 heavy (non-hydrogen) atoms. The number of benzene rings is 1. The molecule has 2 heteroatoms. The summed E-state index contributed by atoms with van der Waals surface area (Å²) in [5, 5.41) is 2.25. The summed E-state index contributed by atoms with van der Waals surface area (Å²) in [5.74, 6) is 0.730. The van der Waals surface area contributed by atoms with Crippen LogP contribution >= 0.6 is 0 Å². The highest BCUT2D eigenvalue weighted by atomic mass is 16.5. The average molecular weight is 215 g/mol. The van der Waals surface area contributed by atoms with Gasteiger partial charge in [-0.25, -0.2) is 4.98 Å². The first kappa shape index (κ1) is 10.9. The maximum atomic E-state index is 5.77. The Bertz CT molecular complexity index is 480. The summed E-state index contributed by atoms with van der Waals surface area (Å²) < 4.78 is 5.77. The number of pyridine rings is 1. The number of ether oxygens (including phenoxy) is 1. The topological polar surface area (TPSA) is 22.1 Å². The van der Waals surface area contributed by atoms with Crippen molar-refractivity contribution in [3.8, 4) is 5.88 Å². The molecule has 2 nitrogen and oxygen atoms in total. The lowest BCUT2D eigenvalue weighted by molar-refractivity contribution is 0.194. The van der Waals surface area contributed by atoms with Gasteiger partial charge in [0.25, 0.3) is 0 Å². The fourth-order valence-corrected chi connectivity index (χ4v) is 1.49. The van der Waals surface area contributed by atoms with E-state index in [2.05, 4.69) is 31.8 Å². The van der Waals surface area contributed by atoms with Crippen molar-refractivity contribution in [2.24, 2.45) is 5.41 Å². The van der Waals surface area contributed by atoms with Crippen LogP contribution in [0.4, 0.5) is 0 Å². The zero-order chi connectivity index (χ0) is 11.6. The van der Waals surface area contributed by atoms with E-state index in [-0.39, 0.29) is 5.41 Å². The predicted molar refractivity (Wildman–Crippen MR) is 66.7 cm³/mol. The lowest BCUT2D eigenvalue weighted by Crippen LogP contribution is -2.17. The van der Waals surface area contributed by atoms with Crippen molar-refractivity contribution in [1.29, 1.82) is 0 Å². The molecule has 2 aromatic rings. The third kappa shape index (κ3) is 2.51. The normalized spacial score (nSPS) is 11.7. The molecule has 1 aromatic heterocycles. The van der Waals surface area contributed by atoms with Gasteiger partial charge in [-0.2, -0.15) is 0 Å². The van der Waals surface area contributed by atoms with Gasteiger partial charge in [0.1, 0.15) is 0 Å². The summed E-state index contributed by atoms with van der Waals surface area (Å²) in [6.07, 6.45) is 1.79. The number of aromatic nitrogens is 1. The Morgan fingerprint density at radius 2 is 1.88 bits per heavy atom. The van der Waals surface area contributed by atoms with Gasteiger partial charge in [-0.05, 0) is 22.9 Å². The van der Waals surface area contributed by atoms with E-state index < -0.39 is 0 Å². The molecule has 0 aliphatic rings. The summed E-state index contributed by atoms with van der Waals surface area (Å²) in [6.45, 7) is 7.13. The number of fused-ring (bicyclic) bond motifs is 1. The highest BCUT2D eigenvalue weighted by Crippen LogP contribution is 2.24. The zero-order valence-electron chi connectivity index (χ0n) is 10.0. The van der Waals surface area contributed by atoms with Crippen molar-refractivity contribution < 1.29 is 4.74 Å². The van der Waals surface area contributed by atoms with Crippen molar-refractivity contribution in [2.75, 3.05) is 6.61 Å². The van der Waals surface area contributed by atoms with E-state index in [4.69, 9.17) is 4.74 Å². The molecule has 1 heterocycles. The largest absolute Gasteiger partial charge is 0.477 e. The Morgan fingerprint density at radius 3 is 2.62 bits per heavy atom. The standard InChI is InChI=1S/C14H17NO/c1-14(2,3)10-16-13-12-7-5-4-6-11(12)8-9-15-13/h4-9H,10H2,1-3H3. The molecule has 1 aromatic carbocycles. The quantitative estimate of drug-likeness (QED) is 0.762. The molecule has 0 fully saturated rings. The molecule has 0 saturated carbocycles. The van der Waals surface area contributed by atoms with Crippen molar-refractivity contribution >= 4 is 10.8 Å². The summed E-state index contributed by atoms with van der Waals surface area (Å²) in [5.41, 5.74) is 0.151. The fourth-order valence-electron chi connectivity index (χ4n) is 1.49. The molecular weight excluding hydrogens is 198 g/mol. The third-order valence-corrected chi connectivity index (χ3v) is 2.28. The van der Waals surface area contributed by atoms with Crippen molar-refractivity contribution in [2.45, 2.75) is 20.8 Å². The highest BCUT2D eigenvalue weighted by molar-refractivity contribution is 5.86. The Hall–Kier alpha value is -1.57. The van der Waals surface area contributed by atoms with Crippen LogP contribution < -0.4 is 4.74 Å². The van der Waals surface area contributed by atoms with Crippen LogP contribution in [0, 0.1) is 5.41 Å². The molecule has 0 aliphatic carbocycles. The first-order valence-electron chi connectivity index (χ1n) is 5.53. The van der Waals surface area contributed by atoms with E-state index >= 15 is 0 Å². The second-order valence-electron chi connectivity index (χ2n) is 5.19. The van der Waals surface area contributed by atoms with Crippen LogP contribution in [0.25, 0.3) is 10.8 Å². The molecule has 0 bridgehead atoms. The minimum Gasteiger partial charge on any atom is -0.477 e. The molecule has 2 rings (SSSR count). The zero-order valence-corrected chi connectivity index (χ0v) is 10.0. The van der Waals surface area contributed by atoms with Crippen LogP contribution in [-0.2, 0) is 0 Å². The number of hydrogen-bond acceptors (Lipinski definition) is 2. The van der Waals surface area contributed by atoms with Crippen molar-refractivity contribution in [3.05, 3.63) is 36.5 Å². The molecule has 0 atom stereocenters. The number of nitrogens with zero attached hydrogens (tertiary/aromatic N) is 1. The van der Waals surface area contributed by atoms with Gasteiger partial charge >= 0.3 is 0 Å². The van der Waals surface area contributed by atoms with Crippen LogP contribution in [0.5, 0.6) is 5.88 Å². The molecule has 0 saturated heterocycles. The third-order valence-electron chi connectivity index (χ3n) is 2.28. The summed E-state index contributed by atoms with van der Waals surface area (Å²) in [7, 11) is 0. The minimum atomic E-state index is 0.151. The van der Waals surface area contributed by atoms with E-state index in [1.807, 2.05) is 24.3 Å². The lowest BCUT2D eigenvalue weighted by Gasteiger charge is -2.18. The van der Waals surface area contributed by atoms with Crippen molar-refractivity contribution in [3.63, 3.8) is 0 Å². The Kier molecular flexibility index (Phi) is 2.82. The monoisotopic (exact) mass is 215 g/mol. The highest BCUT2D eigenvalue weighted by Gasteiger charge is 2.12. The van der Waals surface area contributed by atoms with E-state index in [1.165, 1.54) is 5.39 Å². The molecule has 84 valence electrons. The van der Waals surface area contributed by atoms with Crippen molar-refractivity contribution in [1.82, 2.24) is 4.98 Å². The number of rotatable bonds is 2. The van der Waals surface area contributed by atoms with Gasteiger partial charge in [0, 0.05) is 11.6 Å². The lowest BCUT2D eigenvalue weighted by atomic mass is 9.99. The maximum Gasteiger partial charge on any atom is 0.221 e. The second-order valence-corrected chi connectivity index (χ2v) is 5.19. The molecule has 0 aliphatic heterocycles. The van der Waals surface area contributed by atoms with Gasteiger partial charge in [-0.3, -0.25) is 0 Å². The van der Waals surface area contributed by atoms with E-state index in [0.29, 0.717) is 6.61 Å². The van der Waals surface area contributed by atoms with Crippen LogP contribution in [0.15, 0.2) is 36.5 Å². The molecule has 0 N–H and O–H groups in total. The van der Waals surface area contributed by atoms with E-state index in [9.17, 15) is 0 Å². The summed E-state index contributed by atoms with van der Waals surface area (Å²) >= 11 is 0. The van der Waals surface area contributed by atoms with Crippen LogP contribution in [-0.4, -0.2) is 11.6 Å². The SMILES string of the molecule is CC(C)(C)COc1nccc2ccccc12. The van der Waals surface area contributed by atoms with Crippen LogP contribution in [0.1, 0.15) is 20.8 Å². The Balaban J connectivity index is 2.30. The number of hydrogen-bond donors (Lipinski definition) is 0. The van der Waals surface area contributed by atoms with Gasteiger partial charge in [0.15, 0.2) is 0 Å². The molecule has 0 amide bonds. The first-order valence-corrected chi connectivity index (χ1v) is 5.53. The Morgan fingerprint density at radius 1 is 1.12 bits per heavy atom. The molecule has 0 unspecified atom stereocenters. The van der Waals surface area contributed by atoms with Gasteiger partial charge in [0.05, 0.1) is 6.61 Å². The van der Waals surface area contributed by atoms with Gasteiger partial charge in [-0.1, -0.05) is 39.0 Å². The fraction of sp³-hybridized carbons (Fsp3) is 0.357. The smallest absolute Gasteiger partial charge is 0.221 e. The summed E-state index contributed by atoms with van der Waals surface area (Å²) in [6, 6.07) is 10.1. The second kappa shape index (κ2) is 4.12. The van der Waals surface area contributed by atoms with Crippen LogP contribution in [0.3, 0.4) is 0 Å². The van der Waals surface area contributed by atoms with Gasteiger partial charge < -0.3 is 4.74 Å². The molecular formula is C14H17NO. The summed E-state index contributed by atoms with van der Waals surface area (Å²) in [4.78, 5) is 4.29.